The predicted molar refractivity (Wildman–Crippen MR) is 39.4 cm³/mol. The van der Waals surface area contributed by atoms with Gasteiger partial charge in [0.1, 0.15) is 5.54 Å². The highest BCUT2D eigenvalue weighted by atomic mass is 16.3. The molecule has 0 unspecified atom stereocenters. The molecule has 0 N–H and O–H groups in total. The highest BCUT2D eigenvalue weighted by molar-refractivity contribution is 4.82. The molecule has 0 bridgehead atoms. The number of hydrogen-bond donors (Lipinski definition) is 0. The molecule has 54 valence electrons. The molecule has 0 heterocycles. The molecular weight excluding hydrogens is 114 g/mol. The largest absolute Gasteiger partial charge is 0.150 e. The third-order valence-electron chi connectivity index (χ3n) is 2.17. The molecule has 0 radical (unpaired) electrons. The Labute approximate surface area is 56.6 Å². The molecule has 0 spiro atoms. The Kier molecular flexibility index (Phi) is 3.43. The summed E-state index contributed by atoms with van der Waals surface area (Å²) in [4.78, 5) is 10.3. The van der Waals surface area contributed by atoms with E-state index < -0.39 is 0 Å². The van der Waals surface area contributed by atoms with Crippen LogP contribution in [0.25, 0.3) is 0 Å². The lowest BCUT2D eigenvalue weighted by atomic mass is 9.91. The Bertz CT molecular complexity index is 78.7. The van der Waals surface area contributed by atoms with Gasteiger partial charge in [0, 0.05) is 0 Å². The number of hydrogen-bond acceptors (Lipinski definition) is 2. The zero-order chi connectivity index (χ0) is 7.33. The maximum absolute atomic E-state index is 10.3. The van der Waals surface area contributed by atoms with Crippen molar-refractivity contribution in [1.82, 2.24) is 0 Å². The summed E-state index contributed by atoms with van der Waals surface area (Å²) in [5.74, 6) is 0. The van der Waals surface area contributed by atoms with Crippen molar-refractivity contribution in [3.63, 3.8) is 0 Å². The summed E-state index contributed by atoms with van der Waals surface area (Å²) in [6, 6.07) is 0. The first-order chi connectivity index (χ1) is 4.24. The highest BCUT2D eigenvalue weighted by Crippen LogP contribution is 2.23. The van der Waals surface area contributed by atoms with Gasteiger partial charge in [0.25, 0.3) is 0 Å². The van der Waals surface area contributed by atoms with E-state index in [2.05, 4.69) is 5.18 Å². The topological polar surface area (TPSA) is 29.4 Å². The van der Waals surface area contributed by atoms with E-state index in [4.69, 9.17) is 0 Å². The molecule has 0 atom stereocenters. The molecule has 9 heavy (non-hydrogen) atoms. The molecule has 0 amide bonds. The fourth-order valence-corrected chi connectivity index (χ4v) is 0.944. The zero-order valence-electron chi connectivity index (χ0n) is 6.48. The van der Waals surface area contributed by atoms with Crippen molar-refractivity contribution in [1.29, 1.82) is 0 Å². The molecule has 0 rings (SSSR count). The van der Waals surface area contributed by atoms with Crippen LogP contribution in [0.3, 0.4) is 0 Å². The van der Waals surface area contributed by atoms with E-state index in [1.807, 2.05) is 20.8 Å². The Hall–Kier alpha value is -0.400. The first kappa shape index (κ1) is 8.60. The summed E-state index contributed by atoms with van der Waals surface area (Å²) in [7, 11) is 0. The summed E-state index contributed by atoms with van der Waals surface area (Å²) in [5, 5.41) is 3.12. The van der Waals surface area contributed by atoms with Crippen LogP contribution in [0, 0.1) is 4.91 Å². The minimum Gasteiger partial charge on any atom is -0.150 e. The Balaban J connectivity index is 3.98. The molecule has 0 aliphatic rings. The minimum absolute atomic E-state index is 0.264. The fraction of sp³-hybridized carbons (Fsp3) is 1.00. The van der Waals surface area contributed by atoms with Gasteiger partial charge in [0.2, 0.25) is 0 Å². The van der Waals surface area contributed by atoms with Gasteiger partial charge >= 0.3 is 0 Å². The maximum Gasteiger partial charge on any atom is 0.102 e. The van der Waals surface area contributed by atoms with Gasteiger partial charge < -0.3 is 0 Å². The lowest BCUT2D eigenvalue weighted by Crippen LogP contribution is -2.21. The molecule has 0 aromatic rings. The van der Waals surface area contributed by atoms with Crippen molar-refractivity contribution in [3.8, 4) is 0 Å². The summed E-state index contributed by atoms with van der Waals surface area (Å²) in [5.41, 5.74) is -0.264. The zero-order valence-corrected chi connectivity index (χ0v) is 6.48. The van der Waals surface area contributed by atoms with Gasteiger partial charge in [0.15, 0.2) is 0 Å². The van der Waals surface area contributed by atoms with Gasteiger partial charge in [-0.2, -0.15) is 4.91 Å². The Morgan fingerprint density at radius 3 is 1.44 bits per heavy atom. The highest BCUT2D eigenvalue weighted by Gasteiger charge is 2.23. The fourth-order valence-electron chi connectivity index (χ4n) is 0.944. The summed E-state index contributed by atoms with van der Waals surface area (Å²) < 4.78 is 0. The van der Waals surface area contributed by atoms with Gasteiger partial charge in [-0.1, -0.05) is 25.9 Å². The molecule has 0 aromatic carbocycles. The Morgan fingerprint density at radius 2 is 1.44 bits per heavy atom. The lowest BCUT2D eigenvalue weighted by Gasteiger charge is -2.19. The van der Waals surface area contributed by atoms with Crippen LogP contribution in [-0.4, -0.2) is 5.54 Å². The average Bonchev–Trinajstić information content (AvgIpc) is 1.95. The third-order valence-corrected chi connectivity index (χ3v) is 2.17. The lowest BCUT2D eigenvalue weighted by molar-refractivity contribution is 0.382. The molecular formula is C7H15NO. The van der Waals surface area contributed by atoms with Crippen molar-refractivity contribution in [2.24, 2.45) is 5.18 Å². The van der Waals surface area contributed by atoms with Crippen molar-refractivity contribution in [2.45, 2.75) is 45.6 Å². The third kappa shape index (κ3) is 1.77. The smallest absolute Gasteiger partial charge is 0.102 e. The molecule has 0 aromatic heterocycles. The van der Waals surface area contributed by atoms with Crippen LogP contribution in [0.5, 0.6) is 0 Å². The minimum atomic E-state index is -0.264. The van der Waals surface area contributed by atoms with Crippen molar-refractivity contribution in [2.75, 3.05) is 0 Å². The molecule has 0 saturated heterocycles. The Morgan fingerprint density at radius 1 is 1.11 bits per heavy atom. The van der Waals surface area contributed by atoms with Gasteiger partial charge in [-0.25, -0.2) is 0 Å². The van der Waals surface area contributed by atoms with Gasteiger partial charge in [-0.3, -0.25) is 0 Å². The summed E-state index contributed by atoms with van der Waals surface area (Å²) in [6.07, 6.45) is 2.59. The first-order valence-corrected chi connectivity index (χ1v) is 3.59. The second-order valence-corrected chi connectivity index (χ2v) is 2.38. The number of nitrogens with zero attached hydrogens (tertiary/aromatic N) is 1. The molecule has 0 aliphatic heterocycles. The van der Waals surface area contributed by atoms with Gasteiger partial charge in [-0.05, 0) is 19.3 Å². The summed E-state index contributed by atoms with van der Waals surface area (Å²) in [6.45, 7) is 6.02. The van der Waals surface area contributed by atoms with E-state index in [9.17, 15) is 4.91 Å². The van der Waals surface area contributed by atoms with Crippen LogP contribution in [-0.2, 0) is 0 Å². The molecule has 2 nitrogen and oxygen atoms in total. The van der Waals surface area contributed by atoms with E-state index in [-0.39, 0.29) is 5.54 Å². The number of rotatable bonds is 4. The van der Waals surface area contributed by atoms with Crippen LogP contribution < -0.4 is 0 Å². The van der Waals surface area contributed by atoms with Crippen molar-refractivity contribution >= 4 is 0 Å². The van der Waals surface area contributed by atoms with Crippen LogP contribution >= 0.6 is 0 Å². The van der Waals surface area contributed by atoms with Gasteiger partial charge in [0.05, 0.1) is 0 Å². The standard InChI is InChI=1S/C7H15NO/c1-4-7(5-2,6-3)8-9/h4-6H2,1-3H3. The van der Waals surface area contributed by atoms with Crippen molar-refractivity contribution in [3.05, 3.63) is 4.91 Å². The van der Waals surface area contributed by atoms with E-state index in [0.717, 1.165) is 19.3 Å². The monoisotopic (exact) mass is 129 g/mol. The van der Waals surface area contributed by atoms with Crippen LogP contribution in [0.2, 0.25) is 0 Å². The summed E-state index contributed by atoms with van der Waals surface area (Å²) >= 11 is 0. The normalized spacial score (nSPS) is 11.4. The van der Waals surface area contributed by atoms with Crippen LogP contribution in [0.4, 0.5) is 0 Å². The number of nitroso groups, excluding NO2 is 1. The first-order valence-electron chi connectivity index (χ1n) is 3.59. The maximum atomic E-state index is 10.3. The quantitative estimate of drug-likeness (QED) is 0.536. The van der Waals surface area contributed by atoms with E-state index in [1.165, 1.54) is 0 Å². The van der Waals surface area contributed by atoms with Crippen LogP contribution in [0.15, 0.2) is 5.18 Å². The van der Waals surface area contributed by atoms with Crippen LogP contribution in [0.1, 0.15) is 40.0 Å². The average molecular weight is 129 g/mol. The SMILES string of the molecule is CCC(CC)(CC)N=O. The molecule has 0 fully saturated rings. The van der Waals surface area contributed by atoms with Crippen molar-refractivity contribution < 1.29 is 0 Å². The predicted octanol–water partition coefficient (Wildman–Crippen LogP) is 2.72. The molecule has 0 saturated carbocycles. The van der Waals surface area contributed by atoms with Gasteiger partial charge in [-0.15, -0.1) is 0 Å². The van der Waals surface area contributed by atoms with E-state index in [0.29, 0.717) is 0 Å². The van der Waals surface area contributed by atoms with E-state index in [1.54, 1.807) is 0 Å². The molecule has 0 aliphatic carbocycles. The second kappa shape index (κ2) is 3.59. The second-order valence-electron chi connectivity index (χ2n) is 2.38. The van der Waals surface area contributed by atoms with E-state index >= 15 is 0 Å². The molecule has 2 heteroatoms.